The van der Waals surface area contributed by atoms with Gasteiger partial charge in [-0.2, -0.15) is 5.10 Å². The molecular weight excluding hydrogens is 269 g/mol. The Balaban J connectivity index is 2.38. The Bertz CT molecular complexity index is 628. The lowest BCUT2D eigenvalue weighted by Crippen LogP contribution is -2.14. The lowest BCUT2D eigenvalue weighted by Gasteiger charge is -2.06. The predicted molar refractivity (Wildman–Crippen MR) is 60.8 cm³/mol. The maximum Gasteiger partial charge on any atom is 0.265 e. The van der Waals surface area contributed by atoms with Gasteiger partial charge >= 0.3 is 0 Å². The minimum Gasteiger partial charge on any atom is -0.264 e. The Morgan fingerprint density at radius 1 is 1.35 bits per heavy atom. The van der Waals surface area contributed by atoms with Crippen LogP contribution in [-0.4, -0.2) is 18.6 Å². The van der Waals surface area contributed by atoms with E-state index in [9.17, 15) is 12.8 Å². The van der Waals surface area contributed by atoms with Crippen molar-refractivity contribution >= 4 is 27.4 Å². The number of halogens is 2. The van der Waals surface area contributed by atoms with Crippen molar-refractivity contribution in [3.8, 4) is 0 Å². The number of sulfonamides is 1. The van der Waals surface area contributed by atoms with Gasteiger partial charge in [0, 0.05) is 11.1 Å². The van der Waals surface area contributed by atoms with Crippen molar-refractivity contribution in [2.45, 2.75) is 4.90 Å². The van der Waals surface area contributed by atoms with E-state index in [4.69, 9.17) is 11.6 Å². The van der Waals surface area contributed by atoms with Crippen molar-refractivity contribution in [2.24, 2.45) is 0 Å². The monoisotopic (exact) mass is 275 g/mol. The van der Waals surface area contributed by atoms with Crippen LogP contribution in [-0.2, 0) is 10.0 Å². The van der Waals surface area contributed by atoms with Gasteiger partial charge in [-0.25, -0.2) is 12.8 Å². The summed E-state index contributed by atoms with van der Waals surface area (Å²) in [7, 11) is -3.99. The van der Waals surface area contributed by atoms with E-state index in [-0.39, 0.29) is 10.8 Å². The first kappa shape index (κ1) is 11.9. The minimum atomic E-state index is -3.99. The maximum absolute atomic E-state index is 13.4. The molecule has 0 bridgehead atoms. The van der Waals surface area contributed by atoms with E-state index in [2.05, 4.69) is 14.9 Å². The van der Waals surface area contributed by atoms with Crippen molar-refractivity contribution in [2.75, 3.05) is 4.72 Å². The van der Waals surface area contributed by atoms with Crippen LogP contribution in [0, 0.1) is 5.82 Å². The van der Waals surface area contributed by atoms with Crippen molar-refractivity contribution in [1.82, 2.24) is 10.2 Å². The molecule has 0 aliphatic rings. The fourth-order valence-corrected chi connectivity index (χ4v) is 2.44. The normalized spacial score (nSPS) is 11.4. The van der Waals surface area contributed by atoms with Crippen LogP contribution in [0.3, 0.4) is 0 Å². The fourth-order valence-electron chi connectivity index (χ4n) is 1.21. The zero-order valence-corrected chi connectivity index (χ0v) is 9.89. The van der Waals surface area contributed by atoms with Gasteiger partial charge in [-0.05, 0) is 18.2 Å². The largest absolute Gasteiger partial charge is 0.265 e. The first-order valence-electron chi connectivity index (χ1n) is 4.46. The molecule has 1 aromatic carbocycles. The van der Waals surface area contributed by atoms with Crippen LogP contribution < -0.4 is 4.72 Å². The molecular formula is C9H7ClFN3O2S. The number of aromatic amines is 1. The third kappa shape index (κ3) is 2.56. The van der Waals surface area contributed by atoms with Gasteiger partial charge in [0.25, 0.3) is 10.0 Å². The molecule has 0 spiro atoms. The molecule has 1 aromatic heterocycles. The second kappa shape index (κ2) is 4.34. The molecule has 0 amide bonds. The molecule has 1 heterocycles. The van der Waals surface area contributed by atoms with Crippen molar-refractivity contribution in [3.63, 3.8) is 0 Å². The summed E-state index contributed by atoms with van der Waals surface area (Å²) in [5.74, 6) is -0.760. The van der Waals surface area contributed by atoms with E-state index < -0.39 is 20.7 Å². The highest BCUT2D eigenvalue weighted by Crippen LogP contribution is 2.20. The molecule has 0 aliphatic heterocycles. The van der Waals surface area contributed by atoms with Crippen LogP contribution in [0.5, 0.6) is 0 Å². The number of anilines is 1. The van der Waals surface area contributed by atoms with Gasteiger partial charge in [-0.3, -0.25) is 9.82 Å². The Labute approximate surface area is 102 Å². The first-order chi connectivity index (χ1) is 7.99. The summed E-state index contributed by atoms with van der Waals surface area (Å²) in [6, 6.07) is 4.73. The molecule has 0 atom stereocenters. The van der Waals surface area contributed by atoms with Crippen molar-refractivity contribution in [3.05, 3.63) is 41.3 Å². The lowest BCUT2D eigenvalue weighted by molar-refractivity contribution is 0.570. The predicted octanol–water partition coefficient (Wildman–Crippen LogP) is 2.00. The molecule has 0 aliphatic carbocycles. The second-order valence-electron chi connectivity index (χ2n) is 3.15. The van der Waals surface area contributed by atoms with Crippen molar-refractivity contribution < 1.29 is 12.8 Å². The number of hydrogen-bond acceptors (Lipinski definition) is 3. The summed E-state index contributed by atoms with van der Waals surface area (Å²) in [5.41, 5.74) is 0. The number of benzene rings is 1. The number of nitrogens with one attached hydrogen (secondary N) is 2. The molecule has 0 fully saturated rings. The standard InChI is InChI=1S/C9H7ClFN3O2S/c10-6-1-2-8(7(11)5-6)17(15,16)14-9-3-4-12-13-9/h1-5H,(H2,12,13,14). The van der Waals surface area contributed by atoms with Gasteiger partial charge in [0.1, 0.15) is 16.5 Å². The molecule has 0 saturated heterocycles. The quantitative estimate of drug-likeness (QED) is 0.900. The second-order valence-corrected chi connectivity index (χ2v) is 5.24. The summed E-state index contributed by atoms with van der Waals surface area (Å²) in [6.07, 6.45) is 1.37. The van der Waals surface area contributed by atoms with Gasteiger partial charge < -0.3 is 0 Å². The number of nitrogens with zero attached hydrogens (tertiary/aromatic N) is 1. The summed E-state index contributed by atoms with van der Waals surface area (Å²) < 4.78 is 39.2. The highest BCUT2D eigenvalue weighted by Gasteiger charge is 2.19. The number of H-pyrrole nitrogens is 1. The molecule has 90 valence electrons. The van der Waals surface area contributed by atoms with Crippen LogP contribution in [0.15, 0.2) is 35.4 Å². The Morgan fingerprint density at radius 3 is 2.71 bits per heavy atom. The summed E-state index contributed by atoms with van der Waals surface area (Å²) >= 11 is 5.54. The molecule has 2 aromatic rings. The first-order valence-corrected chi connectivity index (χ1v) is 6.32. The molecule has 2 N–H and O–H groups in total. The average Bonchev–Trinajstić information content (AvgIpc) is 2.68. The van der Waals surface area contributed by atoms with E-state index >= 15 is 0 Å². The molecule has 2 rings (SSSR count). The van der Waals surface area contributed by atoms with Gasteiger partial charge in [-0.15, -0.1) is 0 Å². The fraction of sp³-hybridized carbons (Fsp3) is 0. The van der Waals surface area contributed by atoms with Gasteiger partial charge in [-0.1, -0.05) is 11.6 Å². The summed E-state index contributed by atoms with van der Waals surface area (Å²) in [5, 5.41) is 6.10. The van der Waals surface area contributed by atoms with Crippen LogP contribution >= 0.6 is 11.6 Å². The third-order valence-electron chi connectivity index (χ3n) is 1.93. The molecule has 0 radical (unpaired) electrons. The number of hydrogen-bond donors (Lipinski definition) is 2. The molecule has 0 saturated carbocycles. The molecule has 8 heteroatoms. The van der Waals surface area contributed by atoms with Gasteiger partial charge in [0.05, 0.1) is 6.20 Å². The van der Waals surface area contributed by atoms with Gasteiger partial charge in [0.15, 0.2) is 0 Å². The van der Waals surface area contributed by atoms with E-state index in [0.717, 1.165) is 12.1 Å². The van der Waals surface area contributed by atoms with Crippen LogP contribution in [0.2, 0.25) is 5.02 Å². The maximum atomic E-state index is 13.4. The Morgan fingerprint density at radius 2 is 2.12 bits per heavy atom. The molecule has 17 heavy (non-hydrogen) atoms. The molecule has 5 nitrogen and oxygen atoms in total. The Hall–Kier alpha value is -1.60. The Kier molecular flexibility index (Phi) is 3.03. The zero-order chi connectivity index (χ0) is 12.5. The highest BCUT2D eigenvalue weighted by atomic mass is 35.5. The smallest absolute Gasteiger partial charge is 0.264 e. The average molecular weight is 276 g/mol. The van der Waals surface area contributed by atoms with Crippen molar-refractivity contribution in [1.29, 1.82) is 0 Å². The third-order valence-corrected chi connectivity index (χ3v) is 3.56. The van der Waals surface area contributed by atoms with E-state index in [1.807, 2.05) is 0 Å². The minimum absolute atomic E-state index is 0.128. The van der Waals surface area contributed by atoms with Crippen LogP contribution in [0.1, 0.15) is 0 Å². The van der Waals surface area contributed by atoms with E-state index in [0.29, 0.717) is 0 Å². The summed E-state index contributed by atoms with van der Waals surface area (Å²) in [4.78, 5) is -0.475. The lowest BCUT2D eigenvalue weighted by atomic mass is 10.3. The van der Waals surface area contributed by atoms with Gasteiger partial charge in [0.2, 0.25) is 0 Å². The van der Waals surface area contributed by atoms with E-state index in [1.54, 1.807) is 0 Å². The zero-order valence-electron chi connectivity index (χ0n) is 8.31. The molecule has 0 unspecified atom stereocenters. The van der Waals surface area contributed by atoms with Crippen LogP contribution in [0.4, 0.5) is 10.2 Å². The number of rotatable bonds is 3. The SMILES string of the molecule is O=S(=O)(Nc1ccn[nH]1)c1ccc(Cl)cc1F. The topological polar surface area (TPSA) is 74.8 Å². The number of aromatic nitrogens is 2. The van der Waals surface area contributed by atoms with E-state index in [1.165, 1.54) is 18.3 Å². The highest BCUT2D eigenvalue weighted by molar-refractivity contribution is 7.92. The van der Waals surface area contributed by atoms with Crippen LogP contribution in [0.25, 0.3) is 0 Å². The summed E-state index contributed by atoms with van der Waals surface area (Å²) in [6.45, 7) is 0.